The molecule has 0 aromatic heterocycles. The van der Waals surface area contributed by atoms with Gasteiger partial charge in [-0.3, -0.25) is 14.4 Å². The van der Waals surface area contributed by atoms with Gasteiger partial charge < -0.3 is 44.5 Å². The number of carbonyl (C=O) groups is 5. The third-order valence-corrected chi connectivity index (χ3v) is 9.83. The smallest absolute Gasteiger partial charge is 0.326 e. The Kier molecular flexibility index (Phi) is 10.4. The number of carboxylic acid groups (broad SMARTS) is 1. The zero-order chi connectivity index (χ0) is 35.0. The average molecular weight is 659 g/mol. The van der Waals surface area contributed by atoms with Crippen molar-refractivity contribution in [1.29, 1.82) is 0 Å². The van der Waals surface area contributed by atoms with E-state index in [0.717, 1.165) is 5.56 Å². The van der Waals surface area contributed by atoms with Gasteiger partial charge in [0.15, 0.2) is 23.7 Å². The molecule has 0 bridgehead atoms. The maximum absolute atomic E-state index is 13.4. The number of aryl methyl sites for hydroxylation is 1. The summed E-state index contributed by atoms with van der Waals surface area (Å²) in [6.07, 6.45) is -0.954. The van der Waals surface area contributed by atoms with Crippen molar-refractivity contribution in [2.45, 2.75) is 109 Å². The molecule has 4 rings (SSSR count). The van der Waals surface area contributed by atoms with Crippen LogP contribution in [-0.2, 0) is 38.9 Å². The standard InChI is InChI=1S/C34H46N2O11/c1-17(2)14-23(31(41)42)35-30(40)20(5)45-32(43)22(15-19(4)37)16-26(39)46-25-10-11-34(44)21(6)36(7)13-12-33(34)27-18(3)8-9-24(38)28(27)47-29(25)33/h8-10,17,20-23,29,38,44H,11-16H2,1-7H3,(H,35,40)(H,41,42)/t20-,21+,22-,23-,29-,33-,34+/m0/s1. The average Bonchev–Trinajstić information content (AvgIpc) is 3.35. The number of hydrogen-bond donors (Lipinski definition) is 4. The van der Waals surface area contributed by atoms with Crippen LogP contribution >= 0.6 is 0 Å². The van der Waals surface area contributed by atoms with Crippen LogP contribution in [-0.4, -0.2) is 93.3 Å². The van der Waals surface area contributed by atoms with Crippen molar-refractivity contribution >= 4 is 29.6 Å². The largest absolute Gasteiger partial charge is 0.504 e. The van der Waals surface area contributed by atoms with E-state index >= 15 is 0 Å². The van der Waals surface area contributed by atoms with Crippen molar-refractivity contribution < 1.29 is 53.5 Å². The van der Waals surface area contributed by atoms with Gasteiger partial charge in [-0.2, -0.15) is 0 Å². The Balaban J connectivity index is 1.53. The van der Waals surface area contributed by atoms with Gasteiger partial charge in [-0.05, 0) is 77.8 Å². The minimum absolute atomic E-state index is 0.0236. The van der Waals surface area contributed by atoms with Crippen LogP contribution in [0.25, 0.3) is 0 Å². The van der Waals surface area contributed by atoms with Crippen LogP contribution in [0.5, 0.6) is 11.5 Å². The van der Waals surface area contributed by atoms with Gasteiger partial charge in [-0.25, -0.2) is 4.79 Å². The topological polar surface area (TPSA) is 189 Å². The van der Waals surface area contributed by atoms with E-state index in [4.69, 9.17) is 14.2 Å². The zero-order valence-electron chi connectivity index (χ0n) is 28.0. The van der Waals surface area contributed by atoms with Gasteiger partial charge in [0, 0.05) is 24.4 Å². The molecule has 1 aromatic carbocycles. The zero-order valence-corrected chi connectivity index (χ0v) is 28.0. The van der Waals surface area contributed by atoms with E-state index in [1.807, 2.05) is 20.9 Å². The first kappa shape index (κ1) is 35.9. The number of piperidine rings is 1. The lowest BCUT2D eigenvalue weighted by atomic mass is 9.54. The summed E-state index contributed by atoms with van der Waals surface area (Å²) in [6, 6.07) is 1.78. The van der Waals surface area contributed by atoms with E-state index in [-0.39, 0.29) is 48.5 Å². The number of esters is 2. The third-order valence-electron chi connectivity index (χ3n) is 9.83. The molecule has 1 saturated heterocycles. The maximum Gasteiger partial charge on any atom is 0.326 e. The quantitative estimate of drug-likeness (QED) is 0.241. The molecule has 1 aromatic rings. The number of nitrogens with zero attached hydrogens (tertiary/aromatic N) is 1. The number of aromatic hydroxyl groups is 1. The summed E-state index contributed by atoms with van der Waals surface area (Å²) < 4.78 is 17.4. The van der Waals surface area contributed by atoms with Gasteiger partial charge in [0.1, 0.15) is 17.6 Å². The fourth-order valence-electron chi connectivity index (χ4n) is 7.27. The Hall–Kier alpha value is -3.97. The fourth-order valence-corrected chi connectivity index (χ4v) is 7.27. The van der Waals surface area contributed by atoms with E-state index < -0.39 is 71.2 Å². The minimum atomic E-state index is -1.40. The van der Waals surface area contributed by atoms with E-state index in [2.05, 4.69) is 10.2 Å². The number of carbonyl (C=O) groups excluding carboxylic acids is 4. The number of ether oxygens (including phenoxy) is 3. The van der Waals surface area contributed by atoms with Crippen molar-refractivity contribution in [3.63, 3.8) is 0 Å². The van der Waals surface area contributed by atoms with Gasteiger partial charge in [0.05, 0.1) is 23.4 Å². The number of likely N-dealkylation sites (N-methyl/N-ethyl adjacent to an activating group) is 1. The summed E-state index contributed by atoms with van der Waals surface area (Å²) >= 11 is 0. The number of phenols is 1. The molecule has 13 nitrogen and oxygen atoms in total. The third kappa shape index (κ3) is 6.73. The number of phenolic OH excluding ortho intramolecular Hbond substituents is 1. The number of Topliss-reactive ketones (excluding diaryl/α,β-unsaturated/α-hetero) is 1. The summed E-state index contributed by atoms with van der Waals surface area (Å²) in [5.41, 5.74) is -0.915. The van der Waals surface area contributed by atoms with Gasteiger partial charge in [-0.15, -0.1) is 0 Å². The van der Waals surface area contributed by atoms with Gasteiger partial charge in [0.2, 0.25) is 0 Å². The maximum atomic E-state index is 13.4. The molecule has 13 heteroatoms. The molecule has 3 aliphatic rings. The predicted molar refractivity (Wildman–Crippen MR) is 167 cm³/mol. The highest BCUT2D eigenvalue weighted by Crippen LogP contribution is 2.62. The molecule has 0 unspecified atom stereocenters. The lowest BCUT2D eigenvalue weighted by Crippen LogP contribution is -2.71. The molecule has 0 saturated carbocycles. The summed E-state index contributed by atoms with van der Waals surface area (Å²) in [4.78, 5) is 64.9. The van der Waals surface area contributed by atoms with Crippen LogP contribution in [0, 0.1) is 18.8 Å². The molecule has 2 aliphatic heterocycles. The Morgan fingerprint density at radius 1 is 1.15 bits per heavy atom. The molecule has 1 amide bonds. The number of aliphatic carboxylic acids is 1. The second-order valence-corrected chi connectivity index (χ2v) is 13.6. The van der Waals surface area contributed by atoms with Gasteiger partial charge in [0.25, 0.3) is 5.91 Å². The second-order valence-electron chi connectivity index (χ2n) is 13.6. The molecule has 0 radical (unpaired) electrons. The number of likely N-dealkylation sites (tertiary alicyclic amines) is 1. The number of carboxylic acids is 1. The molecule has 1 aliphatic carbocycles. The van der Waals surface area contributed by atoms with Gasteiger partial charge >= 0.3 is 17.9 Å². The molecule has 1 spiro atoms. The summed E-state index contributed by atoms with van der Waals surface area (Å²) in [6.45, 7) is 10.5. The van der Waals surface area contributed by atoms with Crippen LogP contribution < -0.4 is 10.1 Å². The van der Waals surface area contributed by atoms with Crippen LogP contribution in [0.3, 0.4) is 0 Å². The lowest BCUT2D eigenvalue weighted by Gasteiger charge is -2.58. The molecular weight excluding hydrogens is 612 g/mol. The highest BCUT2D eigenvalue weighted by molar-refractivity contribution is 5.90. The Morgan fingerprint density at radius 2 is 1.83 bits per heavy atom. The molecular formula is C34H46N2O11. The fraction of sp³-hybridized carbons (Fsp3) is 0.618. The summed E-state index contributed by atoms with van der Waals surface area (Å²) in [5.74, 6) is -5.38. The molecule has 1 fully saturated rings. The number of benzene rings is 1. The van der Waals surface area contributed by atoms with Crippen LogP contribution in [0.15, 0.2) is 24.0 Å². The normalized spacial score (nSPS) is 26.8. The van der Waals surface area contributed by atoms with Crippen LogP contribution in [0.4, 0.5) is 0 Å². The number of nitrogens with one attached hydrogen (secondary N) is 1. The molecule has 2 heterocycles. The first-order chi connectivity index (χ1) is 21.9. The van der Waals surface area contributed by atoms with Crippen LogP contribution in [0.1, 0.15) is 77.8 Å². The van der Waals surface area contributed by atoms with Crippen molar-refractivity contribution in [1.82, 2.24) is 10.2 Å². The molecule has 4 N–H and O–H groups in total. The van der Waals surface area contributed by atoms with Crippen molar-refractivity contribution in [2.75, 3.05) is 13.6 Å². The predicted octanol–water partition coefficient (Wildman–Crippen LogP) is 2.52. The van der Waals surface area contributed by atoms with E-state index in [1.165, 1.54) is 19.9 Å². The lowest BCUT2D eigenvalue weighted by molar-refractivity contribution is -0.166. The van der Waals surface area contributed by atoms with Crippen LogP contribution in [0.2, 0.25) is 0 Å². The highest BCUT2D eigenvalue weighted by atomic mass is 16.6. The number of hydrogen-bond acceptors (Lipinski definition) is 11. The van der Waals surface area contributed by atoms with E-state index in [0.29, 0.717) is 18.5 Å². The van der Waals surface area contributed by atoms with E-state index in [1.54, 1.807) is 26.0 Å². The van der Waals surface area contributed by atoms with Crippen molar-refractivity contribution in [3.8, 4) is 11.5 Å². The summed E-state index contributed by atoms with van der Waals surface area (Å²) in [5, 5.41) is 34.9. The summed E-state index contributed by atoms with van der Waals surface area (Å²) in [7, 11) is 1.92. The van der Waals surface area contributed by atoms with Crippen molar-refractivity contribution in [2.24, 2.45) is 11.8 Å². The van der Waals surface area contributed by atoms with E-state index in [9.17, 15) is 39.3 Å². The van der Waals surface area contributed by atoms with Crippen molar-refractivity contribution in [3.05, 3.63) is 35.1 Å². The van der Waals surface area contributed by atoms with Gasteiger partial charge in [-0.1, -0.05) is 19.9 Å². The number of ketones is 1. The number of amides is 1. The Morgan fingerprint density at radius 3 is 2.45 bits per heavy atom. The Bertz CT molecular complexity index is 1470. The monoisotopic (exact) mass is 658 g/mol. The second kappa shape index (κ2) is 13.6. The number of fused-ring (bicyclic) bond motifs is 1. The minimum Gasteiger partial charge on any atom is -0.504 e. The number of aliphatic hydroxyl groups is 1. The SMILES string of the molecule is CC(=O)C[C@@H](CC(=O)OC1=CC[C@@]2(O)[C@@H](C)N(C)CC[C@@]23c2c(C)ccc(O)c2O[C@@H]13)C(=O)O[C@@H](C)C(=O)N[C@@H](CC(C)C)C(=O)O. The highest BCUT2D eigenvalue weighted by Gasteiger charge is 2.69. The first-order valence-electron chi connectivity index (χ1n) is 16.0. The molecule has 258 valence electrons. The Labute approximate surface area is 274 Å². The first-order valence-corrected chi connectivity index (χ1v) is 16.0. The molecule has 7 atom stereocenters. The molecule has 47 heavy (non-hydrogen) atoms. The number of rotatable bonds is 12.